The lowest BCUT2D eigenvalue weighted by atomic mass is 10.1. The van der Waals surface area contributed by atoms with Crippen molar-refractivity contribution in [2.24, 2.45) is 5.92 Å². The predicted molar refractivity (Wildman–Crippen MR) is 67.3 cm³/mol. The molecule has 0 saturated carbocycles. The van der Waals surface area contributed by atoms with E-state index in [4.69, 9.17) is 0 Å². The van der Waals surface area contributed by atoms with Gasteiger partial charge in [-0.15, -0.1) is 0 Å². The van der Waals surface area contributed by atoms with E-state index < -0.39 is 0 Å². The predicted octanol–water partition coefficient (Wildman–Crippen LogP) is 0.881. The Morgan fingerprint density at radius 3 is 2.72 bits per heavy atom. The number of rotatable bonds is 3. The molecule has 2 amide bonds. The van der Waals surface area contributed by atoms with Crippen LogP contribution in [0.25, 0.3) is 0 Å². The van der Waals surface area contributed by atoms with E-state index >= 15 is 0 Å². The van der Waals surface area contributed by atoms with Gasteiger partial charge in [0.15, 0.2) is 0 Å². The van der Waals surface area contributed by atoms with Gasteiger partial charge in [0.2, 0.25) is 11.8 Å². The Labute approximate surface area is 105 Å². The third-order valence-corrected chi connectivity index (χ3v) is 3.01. The van der Waals surface area contributed by atoms with Crippen LogP contribution >= 0.6 is 0 Å². The summed E-state index contributed by atoms with van der Waals surface area (Å²) in [7, 11) is 0. The van der Waals surface area contributed by atoms with Crippen molar-refractivity contribution in [3.8, 4) is 5.75 Å². The van der Waals surface area contributed by atoms with Crippen LogP contribution in [-0.2, 0) is 9.59 Å². The maximum atomic E-state index is 11.9. The molecule has 1 saturated heterocycles. The number of anilines is 1. The summed E-state index contributed by atoms with van der Waals surface area (Å²) in [5.41, 5.74) is 0.713. The minimum Gasteiger partial charge on any atom is -0.508 e. The minimum atomic E-state index is -0.286. The maximum absolute atomic E-state index is 11.9. The number of hydrogen-bond acceptors (Lipinski definition) is 3. The van der Waals surface area contributed by atoms with Crippen molar-refractivity contribution in [2.45, 2.75) is 13.3 Å². The molecule has 5 heteroatoms. The third kappa shape index (κ3) is 2.45. The largest absolute Gasteiger partial charge is 0.508 e. The van der Waals surface area contributed by atoms with Crippen molar-refractivity contribution in [1.82, 2.24) is 5.32 Å². The highest BCUT2D eigenvalue weighted by molar-refractivity contribution is 6.00. The fraction of sp³-hybridized carbons (Fsp3) is 0.385. The number of amides is 2. The van der Waals surface area contributed by atoms with Crippen LogP contribution in [0, 0.1) is 5.92 Å². The van der Waals surface area contributed by atoms with E-state index in [-0.39, 0.29) is 29.9 Å². The summed E-state index contributed by atoms with van der Waals surface area (Å²) in [6.45, 7) is 2.82. The second-order valence-electron chi connectivity index (χ2n) is 4.32. The van der Waals surface area contributed by atoms with Gasteiger partial charge in [0.05, 0.1) is 5.92 Å². The van der Waals surface area contributed by atoms with Crippen LogP contribution in [0.5, 0.6) is 5.75 Å². The van der Waals surface area contributed by atoms with Crippen molar-refractivity contribution in [1.29, 1.82) is 0 Å². The average molecular weight is 248 g/mol. The van der Waals surface area contributed by atoms with Crippen molar-refractivity contribution in [3.63, 3.8) is 0 Å². The molecule has 1 aliphatic rings. The minimum absolute atomic E-state index is 0.0584. The molecule has 1 aromatic carbocycles. The molecule has 0 aromatic heterocycles. The zero-order valence-corrected chi connectivity index (χ0v) is 10.2. The fourth-order valence-electron chi connectivity index (χ4n) is 2.08. The first kappa shape index (κ1) is 12.4. The highest BCUT2D eigenvalue weighted by Gasteiger charge is 2.34. The number of benzene rings is 1. The SMILES string of the molecule is CCNC(=O)[C@@H]1CC(=O)N(c2ccc(O)cc2)C1. The first-order valence-corrected chi connectivity index (χ1v) is 5.99. The first-order chi connectivity index (χ1) is 8.61. The number of hydrogen-bond donors (Lipinski definition) is 2. The summed E-state index contributed by atoms with van der Waals surface area (Å²) in [5, 5.41) is 11.9. The van der Waals surface area contributed by atoms with Crippen molar-refractivity contribution >= 4 is 17.5 Å². The molecular weight excluding hydrogens is 232 g/mol. The van der Waals surface area contributed by atoms with E-state index in [0.717, 1.165) is 0 Å². The van der Waals surface area contributed by atoms with E-state index in [1.807, 2.05) is 6.92 Å². The lowest BCUT2D eigenvalue weighted by Crippen LogP contribution is -2.32. The average Bonchev–Trinajstić information content (AvgIpc) is 2.73. The summed E-state index contributed by atoms with van der Waals surface area (Å²) in [6.07, 6.45) is 0.243. The lowest BCUT2D eigenvalue weighted by molar-refractivity contribution is -0.126. The molecule has 0 radical (unpaired) electrons. The molecule has 0 unspecified atom stereocenters. The fourth-order valence-corrected chi connectivity index (χ4v) is 2.08. The Kier molecular flexibility index (Phi) is 3.50. The molecule has 1 aromatic rings. The molecule has 2 rings (SSSR count). The maximum Gasteiger partial charge on any atom is 0.227 e. The molecule has 1 heterocycles. The van der Waals surface area contributed by atoms with Gasteiger partial charge in [0, 0.05) is 25.2 Å². The highest BCUT2D eigenvalue weighted by atomic mass is 16.3. The van der Waals surface area contributed by atoms with Crippen LogP contribution in [0.1, 0.15) is 13.3 Å². The highest BCUT2D eigenvalue weighted by Crippen LogP contribution is 2.26. The summed E-state index contributed by atoms with van der Waals surface area (Å²) >= 11 is 0. The van der Waals surface area contributed by atoms with Crippen LogP contribution in [0.15, 0.2) is 24.3 Å². The van der Waals surface area contributed by atoms with Crippen LogP contribution < -0.4 is 10.2 Å². The summed E-state index contributed by atoms with van der Waals surface area (Å²) in [4.78, 5) is 25.1. The summed E-state index contributed by atoms with van der Waals surface area (Å²) in [6, 6.07) is 6.41. The molecule has 1 atom stereocenters. The van der Waals surface area contributed by atoms with Crippen LogP contribution in [0.3, 0.4) is 0 Å². The van der Waals surface area contributed by atoms with E-state index in [1.54, 1.807) is 17.0 Å². The molecule has 1 fully saturated rings. The van der Waals surface area contributed by atoms with E-state index in [1.165, 1.54) is 12.1 Å². The lowest BCUT2D eigenvalue weighted by Gasteiger charge is -2.16. The summed E-state index contributed by atoms with van der Waals surface area (Å²) in [5.74, 6) is -0.263. The molecule has 2 N–H and O–H groups in total. The van der Waals surface area contributed by atoms with Gasteiger partial charge < -0.3 is 15.3 Å². The number of carbonyl (C=O) groups excluding carboxylic acids is 2. The van der Waals surface area contributed by atoms with Gasteiger partial charge in [-0.1, -0.05) is 0 Å². The van der Waals surface area contributed by atoms with Crippen molar-refractivity contribution in [2.75, 3.05) is 18.0 Å². The Balaban J connectivity index is 2.10. The van der Waals surface area contributed by atoms with E-state index in [2.05, 4.69) is 5.32 Å². The Hall–Kier alpha value is -2.04. The molecule has 1 aliphatic heterocycles. The van der Waals surface area contributed by atoms with Crippen molar-refractivity contribution in [3.05, 3.63) is 24.3 Å². The van der Waals surface area contributed by atoms with E-state index in [0.29, 0.717) is 18.8 Å². The molecule has 96 valence electrons. The second-order valence-corrected chi connectivity index (χ2v) is 4.32. The third-order valence-electron chi connectivity index (χ3n) is 3.01. The van der Waals surface area contributed by atoms with Gasteiger partial charge >= 0.3 is 0 Å². The number of carbonyl (C=O) groups is 2. The Bertz CT molecular complexity index is 456. The zero-order chi connectivity index (χ0) is 13.1. The molecule has 0 aliphatic carbocycles. The van der Waals surface area contributed by atoms with Gasteiger partial charge in [0.1, 0.15) is 5.75 Å². The molecular formula is C13H16N2O3. The Morgan fingerprint density at radius 2 is 2.11 bits per heavy atom. The summed E-state index contributed by atoms with van der Waals surface area (Å²) < 4.78 is 0. The number of nitrogens with one attached hydrogen (secondary N) is 1. The quantitative estimate of drug-likeness (QED) is 0.834. The number of aromatic hydroxyl groups is 1. The van der Waals surface area contributed by atoms with E-state index in [9.17, 15) is 14.7 Å². The van der Waals surface area contributed by atoms with Crippen LogP contribution in [0.4, 0.5) is 5.69 Å². The van der Waals surface area contributed by atoms with Gasteiger partial charge in [-0.2, -0.15) is 0 Å². The van der Waals surface area contributed by atoms with Gasteiger partial charge in [-0.25, -0.2) is 0 Å². The normalized spacial score (nSPS) is 19.1. The molecule has 5 nitrogen and oxygen atoms in total. The van der Waals surface area contributed by atoms with Gasteiger partial charge in [0.25, 0.3) is 0 Å². The zero-order valence-electron chi connectivity index (χ0n) is 10.2. The molecule has 0 bridgehead atoms. The standard InChI is InChI=1S/C13H16N2O3/c1-2-14-13(18)9-7-12(17)15(8-9)10-3-5-11(16)6-4-10/h3-6,9,16H,2,7-8H2,1H3,(H,14,18)/t9-/m1/s1. The topological polar surface area (TPSA) is 69.6 Å². The van der Waals surface area contributed by atoms with Gasteiger partial charge in [-0.05, 0) is 31.2 Å². The first-order valence-electron chi connectivity index (χ1n) is 5.99. The second kappa shape index (κ2) is 5.08. The van der Waals surface area contributed by atoms with Crippen LogP contribution in [0.2, 0.25) is 0 Å². The number of nitrogens with zero attached hydrogens (tertiary/aromatic N) is 1. The number of phenolic OH excluding ortho intramolecular Hbond substituents is 1. The monoisotopic (exact) mass is 248 g/mol. The molecule has 0 spiro atoms. The number of phenols is 1. The van der Waals surface area contributed by atoms with Crippen LogP contribution in [-0.4, -0.2) is 30.0 Å². The smallest absolute Gasteiger partial charge is 0.227 e. The Morgan fingerprint density at radius 1 is 1.44 bits per heavy atom. The molecule has 18 heavy (non-hydrogen) atoms. The van der Waals surface area contributed by atoms with Gasteiger partial charge in [-0.3, -0.25) is 9.59 Å². The van der Waals surface area contributed by atoms with Crippen molar-refractivity contribution < 1.29 is 14.7 Å².